The van der Waals surface area contributed by atoms with Crippen LogP contribution < -0.4 is 0 Å². The monoisotopic (exact) mass is 385 g/mol. The van der Waals surface area contributed by atoms with E-state index in [1.54, 1.807) is 24.8 Å². The minimum Gasteiger partial charge on any atom is -0.332 e. The first-order chi connectivity index (χ1) is 14.1. The van der Waals surface area contributed by atoms with Gasteiger partial charge in [0.05, 0.1) is 18.3 Å². The van der Waals surface area contributed by atoms with Gasteiger partial charge < -0.3 is 4.90 Å². The summed E-state index contributed by atoms with van der Waals surface area (Å²) in [6.45, 7) is 5.18. The SMILES string of the molecule is CC(C)N(Cc1cccnc1)C(=O)c1cnc2c(cnn2Cc2ccccc2)c1. The number of nitrogens with zero attached hydrogens (tertiary/aromatic N) is 5. The van der Waals surface area contributed by atoms with Crippen LogP contribution in [0.5, 0.6) is 0 Å². The lowest BCUT2D eigenvalue weighted by Crippen LogP contribution is -2.36. The number of benzene rings is 1. The molecule has 6 nitrogen and oxygen atoms in total. The molecule has 29 heavy (non-hydrogen) atoms. The van der Waals surface area contributed by atoms with E-state index >= 15 is 0 Å². The van der Waals surface area contributed by atoms with E-state index < -0.39 is 0 Å². The highest BCUT2D eigenvalue weighted by atomic mass is 16.2. The highest BCUT2D eigenvalue weighted by Gasteiger charge is 2.20. The fraction of sp³-hybridized carbons (Fsp3) is 0.217. The summed E-state index contributed by atoms with van der Waals surface area (Å²) in [6.07, 6.45) is 6.93. The smallest absolute Gasteiger partial charge is 0.255 e. The Labute approximate surface area is 169 Å². The maximum absolute atomic E-state index is 13.2. The second-order valence-corrected chi connectivity index (χ2v) is 7.31. The number of carbonyl (C=O) groups excluding carboxylic acids is 1. The number of carbonyl (C=O) groups is 1. The summed E-state index contributed by atoms with van der Waals surface area (Å²) >= 11 is 0. The van der Waals surface area contributed by atoms with Crippen molar-refractivity contribution in [2.45, 2.75) is 33.0 Å². The van der Waals surface area contributed by atoms with E-state index in [0.717, 1.165) is 22.2 Å². The molecule has 4 rings (SSSR count). The van der Waals surface area contributed by atoms with Gasteiger partial charge in [0.15, 0.2) is 5.65 Å². The van der Waals surface area contributed by atoms with Crippen LogP contribution >= 0.6 is 0 Å². The van der Waals surface area contributed by atoms with Gasteiger partial charge in [0.1, 0.15) is 0 Å². The molecule has 0 aliphatic carbocycles. The Balaban J connectivity index is 1.59. The van der Waals surface area contributed by atoms with Crippen molar-refractivity contribution in [3.05, 3.63) is 90.0 Å². The van der Waals surface area contributed by atoms with E-state index in [0.29, 0.717) is 18.7 Å². The zero-order valence-corrected chi connectivity index (χ0v) is 16.6. The van der Waals surface area contributed by atoms with Crippen LogP contribution in [-0.4, -0.2) is 36.6 Å². The number of pyridine rings is 2. The predicted molar refractivity (Wildman–Crippen MR) is 112 cm³/mol. The second kappa shape index (κ2) is 8.22. The zero-order valence-electron chi connectivity index (χ0n) is 16.6. The van der Waals surface area contributed by atoms with Crippen LogP contribution in [0, 0.1) is 0 Å². The Bertz CT molecular complexity index is 1110. The highest BCUT2D eigenvalue weighted by molar-refractivity contribution is 5.97. The van der Waals surface area contributed by atoms with E-state index in [2.05, 4.69) is 27.2 Å². The molecule has 0 aliphatic heterocycles. The minimum atomic E-state index is -0.0472. The number of fused-ring (bicyclic) bond motifs is 1. The average molecular weight is 385 g/mol. The van der Waals surface area contributed by atoms with Crippen LogP contribution in [0.1, 0.15) is 35.3 Å². The molecule has 0 atom stereocenters. The van der Waals surface area contributed by atoms with Crippen LogP contribution in [0.15, 0.2) is 73.3 Å². The lowest BCUT2D eigenvalue weighted by molar-refractivity contribution is 0.0690. The van der Waals surface area contributed by atoms with E-state index in [-0.39, 0.29) is 11.9 Å². The average Bonchev–Trinajstić information content (AvgIpc) is 3.15. The largest absolute Gasteiger partial charge is 0.332 e. The number of aromatic nitrogens is 4. The summed E-state index contributed by atoms with van der Waals surface area (Å²) < 4.78 is 1.86. The minimum absolute atomic E-state index is 0.0472. The standard InChI is InChI=1S/C23H23N5O/c1-17(2)27(15-19-9-6-10-24-12-19)23(29)21-11-20-14-26-28(22(20)25-13-21)16-18-7-4-3-5-8-18/h3-14,17H,15-16H2,1-2H3. The van der Waals surface area contributed by atoms with Crippen molar-refractivity contribution in [2.75, 3.05) is 0 Å². The highest BCUT2D eigenvalue weighted by Crippen LogP contribution is 2.18. The van der Waals surface area contributed by atoms with Crippen molar-refractivity contribution in [2.24, 2.45) is 0 Å². The fourth-order valence-electron chi connectivity index (χ4n) is 3.30. The molecule has 0 bridgehead atoms. The number of hydrogen-bond acceptors (Lipinski definition) is 4. The van der Waals surface area contributed by atoms with Crippen LogP contribution in [0.2, 0.25) is 0 Å². The topological polar surface area (TPSA) is 63.9 Å². The van der Waals surface area contributed by atoms with Gasteiger partial charge in [0.2, 0.25) is 0 Å². The predicted octanol–water partition coefficient (Wildman–Crippen LogP) is 3.93. The first-order valence-corrected chi connectivity index (χ1v) is 9.67. The Morgan fingerprint density at radius 1 is 1.03 bits per heavy atom. The first-order valence-electron chi connectivity index (χ1n) is 9.67. The van der Waals surface area contributed by atoms with Crippen molar-refractivity contribution in [3.63, 3.8) is 0 Å². The molecular formula is C23H23N5O. The van der Waals surface area contributed by atoms with Crippen molar-refractivity contribution in [1.29, 1.82) is 0 Å². The van der Waals surface area contributed by atoms with Crippen LogP contribution in [0.3, 0.4) is 0 Å². The molecule has 3 heterocycles. The lowest BCUT2D eigenvalue weighted by atomic mass is 10.1. The first kappa shape index (κ1) is 18.8. The van der Waals surface area contributed by atoms with E-state index in [1.807, 2.05) is 59.8 Å². The molecule has 0 saturated carbocycles. The number of rotatable bonds is 6. The van der Waals surface area contributed by atoms with E-state index in [4.69, 9.17) is 0 Å². The molecule has 6 heteroatoms. The van der Waals surface area contributed by atoms with Crippen LogP contribution in [0.25, 0.3) is 11.0 Å². The number of amides is 1. The maximum atomic E-state index is 13.2. The third kappa shape index (κ3) is 4.16. The number of hydrogen-bond donors (Lipinski definition) is 0. The van der Waals surface area contributed by atoms with E-state index in [1.165, 1.54) is 0 Å². The van der Waals surface area contributed by atoms with E-state index in [9.17, 15) is 4.79 Å². The van der Waals surface area contributed by atoms with Gasteiger partial charge in [-0.15, -0.1) is 0 Å². The van der Waals surface area contributed by atoms with Crippen molar-refractivity contribution in [1.82, 2.24) is 24.6 Å². The quantitative estimate of drug-likeness (QED) is 0.505. The van der Waals surface area contributed by atoms with Crippen molar-refractivity contribution >= 4 is 16.9 Å². The molecule has 0 saturated heterocycles. The van der Waals surface area contributed by atoms with Gasteiger partial charge in [0.25, 0.3) is 5.91 Å². The van der Waals surface area contributed by atoms with Gasteiger partial charge in [0, 0.05) is 36.6 Å². The lowest BCUT2D eigenvalue weighted by Gasteiger charge is -2.26. The third-order valence-electron chi connectivity index (χ3n) is 4.86. The van der Waals surface area contributed by atoms with Gasteiger partial charge in [-0.25, -0.2) is 9.67 Å². The molecule has 1 amide bonds. The molecule has 4 aromatic rings. The molecule has 0 fully saturated rings. The normalized spacial score (nSPS) is 11.1. The molecule has 146 valence electrons. The molecular weight excluding hydrogens is 362 g/mol. The van der Waals surface area contributed by atoms with Gasteiger partial charge in [-0.1, -0.05) is 36.4 Å². The molecule has 0 unspecified atom stereocenters. The molecule has 1 aromatic carbocycles. The second-order valence-electron chi connectivity index (χ2n) is 7.31. The van der Waals surface area contributed by atoms with Crippen LogP contribution in [0.4, 0.5) is 0 Å². The Morgan fingerprint density at radius 2 is 1.83 bits per heavy atom. The Morgan fingerprint density at radius 3 is 2.55 bits per heavy atom. The van der Waals surface area contributed by atoms with Crippen LogP contribution in [-0.2, 0) is 13.1 Å². The molecule has 0 spiro atoms. The zero-order chi connectivity index (χ0) is 20.2. The summed E-state index contributed by atoms with van der Waals surface area (Å²) in [6, 6.07) is 15.9. The summed E-state index contributed by atoms with van der Waals surface area (Å²) in [7, 11) is 0. The third-order valence-corrected chi connectivity index (χ3v) is 4.86. The molecule has 0 N–H and O–H groups in total. The Kier molecular flexibility index (Phi) is 5.33. The Hall–Kier alpha value is -3.54. The van der Waals surface area contributed by atoms with Gasteiger partial charge >= 0.3 is 0 Å². The van der Waals surface area contributed by atoms with Gasteiger partial charge in [-0.05, 0) is 37.1 Å². The molecule has 0 aliphatic rings. The maximum Gasteiger partial charge on any atom is 0.255 e. The van der Waals surface area contributed by atoms with Crippen molar-refractivity contribution in [3.8, 4) is 0 Å². The molecule has 3 aromatic heterocycles. The summed E-state index contributed by atoms with van der Waals surface area (Å²) in [5.74, 6) is -0.0472. The fourth-order valence-corrected chi connectivity index (χ4v) is 3.30. The summed E-state index contributed by atoms with van der Waals surface area (Å²) in [5, 5.41) is 5.32. The van der Waals surface area contributed by atoms with Gasteiger partial charge in [-0.2, -0.15) is 5.10 Å². The summed E-state index contributed by atoms with van der Waals surface area (Å²) in [4.78, 5) is 23.7. The molecule has 0 radical (unpaired) electrons. The van der Waals surface area contributed by atoms with Crippen molar-refractivity contribution < 1.29 is 4.79 Å². The summed E-state index contributed by atoms with van der Waals surface area (Å²) in [5.41, 5.74) is 3.49. The van der Waals surface area contributed by atoms with Gasteiger partial charge in [-0.3, -0.25) is 9.78 Å².